The van der Waals surface area contributed by atoms with Crippen molar-refractivity contribution >= 4 is 10.8 Å². The molecule has 0 aliphatic rings. The minimum absolute atomic E-state index is 0.0432. The van der Waals surface area contributed by atoms with Crippen LogP contribution in [0.2, 0.25) is 0 Å². The lowest BCUT2D eigenvalue weighted by molar-refractivity contribution is 0.415. The van der Waals surface area contributed by atoms with Gasteiger partial charge in [0.05, 0.1) is 18.5 Å². The molecule has 0 radical (unpaired) electrons. The Morgan fingerprint density at radius 3 is 2.50 bits per heavy atom. The molecule has 3 aromatic rings. The third-order valence-electron chi connectivity index (χ3n) is 3.71. The monoisotopic (exact) mass is 295 g/mol. The first-order chi connectivity index (χ1) is 10.4. The number of aryl methyl sites for hydroxylation is 1. The van der Waals surface area contributed by atoms with E-state index in [0.29, 0.717) is 0 Å². The zero-order chi connectivity index (χ0) is 15.9. The number of benzene rings is 1. The van der Waals surface area contributed by atoms with E-state index in [2.05, 4.69) is 44.0 Å². The summed E-state index contributed by atoms with van der Waals surface area (Å²) < 4.78 is 7.32. The van der Waals surface area contributed by atoms with Crippen molar-refractivity contribution < 1.29 is 4.74 Å². The van der Waals surface area contributed by atoms with Gasteiger partial charge >= 0.3 is 0 Å². The van der Waals surface area contributed by atoms with Crippen molar-refractivity contribution in [1.29, 1.82) is 0 Å². The van der Waals surface area contributed by atoms with Gasteiger partial charge in [-0.15, -0.1) is 0 Å². The number of ether oxygens (including phenoxy) is 1. The van der Waals surface area contributed by atoms with E-state index >= 15 is 0 Å². The van der Waals surface area contributed by atoms with Crippen LogP contribution >= 0.6 is 0 Å². The summed E-state index contributed by atoms with van der Waals surface area (Å²) in [5.41, 5.74) is 2.01. The normalized spacial score (nSPS) is 11.9. The molecule has 0 saturated carbocycles. The zero-order valence-electron chi connectivity index (χ0n) is 13.7. The number of nitrogens with zero attached hydrogens (tertiary/aromatic N) is 3. The summed E-state index contributed by atoms with van der Waals surface area (Å²) in [4.78, 5) is 9.19. The Morgan fingerprint density at radius 2 is 1.91 bits per heavy atom. The number of fused-ring (bicyclic) bond motifs is 1. The number of hydrogen-bond acceptors (Lipinski definition) is 3. The fraction of sp³-hybridized carbons (Fsp3) is 0.333. The molecule has 0 amide bonds. The molecule has 1 aromatic carbocycles. The van der Waals surface area contributed by atoms with Crippen molar-refractivity contribution in [2.75, 3.05) is 7.11 Å². The highest BCUT2D eigenvalue weighted by molar-refractivity contribution is 5.88. The number of methoxy groups -OCH3 is 1. The Hall–Kier alpha value is -2.36. The van der Waals surface area contributed by atoms with E-state index in [9.17, 15) is 0 Å². The van der Waals surface area contributed by atoms with Gasteiger partial charge in [-0.05, 0) is 36.6 Å². The lowest BCUT2D eigenvalue weighted by Crippen LogP contribution is -2.15. The topological polar surface area (TPSA) is 39.9 Å². The lowest BCUT2D eigenvalue weighted by Gasteiger charge is -2.21. The number of pyridine rings is 1. The molecule has 114 valence electrons. The Balaban J connectivity index is 2.30. The maximum atomic E-state index is 5.36. The van der Waals surface area contributed by atoms with Crippen LogP contribution in [0.15, 0.2) is 36.8 Å². The Bertz CT molecular complexity index is 828. The van der Waals surface area contributed by atoms with Gasteiger partial charge in [-0.3, -0.25) is 4.57 Å². The van der Waals surface area contributed by atoms with Gasteiger partial charge in [-0.1, -0.05) is 20.8 Å². The summed E-state index contributed by atoms with van der Waals surface area (Å²) in [6.07, 6.45) is 3.79. The Kier molecular flexibility index (Phi) is 3.39. The summed E-state index contributed by atoms with van der Waals surface area (Å²) >= 11 is 0. The maximum Gasteiger partial charge on any atom is 0.138 e. The van der Waals surface area contributed by atoms with Crippen LogP contribution in [0, 0.1) is 6.92 Å². The highest BCUT2D eigenvalue weighted by atomic mass is 16.5. The SMILES string of the molecule is COc1ccc2c(C(C)(C)C)nc(-n3cnc(C)c3)cc2c1. The van der Waals surface area contributed by atoms with Gasteiger partial charge in [-0.2, -0.15) is 0 Å². The predicted molar refractivity (Wildman–Crippen MR) is 88.9 cm³/mol. The molecular weight excluding hydrogens is 274 g/mol. The first-order valence-electron chi connectivity index (χ1n) is 7.39. The molecule has 0 N–H and O–H groups in total. The first kappa shape index (κ1) is 14.6. The van der Waals surface area contributed by atoms with E-state index in [1.165, 1.54) is 0 Å². The van der Waals surface area contributed by atoms with Crippen molar-refractivity contribution in [3.8, 4) is 11.6 Å². The van der Waals surface area contributed by atoms with E-state index in [1.54, 1.807) is 13.4 Å². The molecule has 0 aliphatic carbocycles. The molecule has 0 saturated heterocycles. The number of rotatable bonds is 2. The van der Waals surface area contributed by atoms with Crippen molar-refractivity contribution in [3.05, 3.63) is 48.2 Å². The van der Waals surface area contributed by atoms with Gasteiger partial charge in [0.2, 0.25) is 0 Å². The summed E-state index contributed by atoms with van der Waals surface area (Å²) in [5, 5.41) is 2.29. The van der Waals surface area contributed by atoms with Crippen molar-refractivity contribution in [2.24, 2.45) is 0 Å². The molecule has 0 unspecified atom stereocenters. The second kappa shape index (κ2) is 5.13. The molecule has 4 nitrogen and oxygen atoms in total. The molecule has 0 bridgehead atoms. The van der Waals surface area contributed by atoms with E-state index in [-0.39, 0.29) is 5.41 Å². The Morgan fingerprint density at radius 1 is 1.14 bits per heavy atom. The highest BCUT2D eigenvalue weighted by Gasteiger charge is 2.20. The van der Waals surface area contributed by atoms with Crippen LogP contribution in [-0.4, -0.2) is 21.6 Å². The van der Waals surface area contributed by atoms with Crippen LogP contribution in [0.5, 0.6) is 5.75 Å². The number of hydrogen-bond donors (Lipinski definition) is 0. The van der Waals surface area contributed by atoms with E-state index in [4.69, 9.17) is 9.72 Å². The first-order valence-corrected chi connectivity index (χ1v) is 7.39. The average molecular weight is 295 g/mol. The summed E-state index contributed by atoms with van der Waals surface area (Å²) in [6.45, 7) is 8.52. The number of aromatic nitrogens is 3. The van der Waals surface area contributed by atoms with Gasteiger partial charge in [0, 0.05) is 17.0 Å². The Labute approximate surface area is 130 Å². The number of imidazole rings is 1. The van der Waals surface area contributed by atoms with Gasteiger partial charge in [0.1, 0.15) is 17.9 Å². The van der Waals surface area contributed by atoms with Gasteiger partial charge in [0.25, 0.3) is 0 Å². The molecule has 0 atom stereocenters. The smallest absolute Gasteiger partial charge is 0.138 e. The molecule has 2 aromatic heterocycles. The highest BCUT2D eigenvalue weighted by Crippen LogP contribution is 2.31. The largest absolute Gasteiger partial charge is 0.497 e. The molecule has 0 spiro atoms. The van der Waals surface area contributed by atoms with E-state index in [1.807, 2.05) is 23.8 Å². The molecule has 22 heavy (non-hydrogen) atoms. The third-order valence-corrected chi connectivity index (χ3v) is 3.71. The quantitative estimate of drug-likeness (QED) is 0.716. The summed E-state index contributed by atoms with van der Waals surface area (Å²) in [5.74, 6) is 1.73. The molecule has 0 aliphatic heterocycles. The predicted octanol–water partition coefficient (Wildman–Crippen LogP) is 4.04. The molecule has 3 rings (SSSR count). The fourth-order valence-corrected chi connectivity index (χ4v) is 2.60. The minimum Gasteiger partial charge on any atom is -0.497 e. The minimum atomic E-state index is -0.0432. The summed E-state index contributed by atoms with van der Waals surface area (Å²) in [7, 11) is 1.69. The van der Waals surface area contributed by atoms with Crippen LogP contribution in [0.4, 0.5) is 0 Å². The van der Waals surface area contributed by atoms with Crippen LogP contribution in [-0.2, 0) is 5.41 Å². The van der Waals surface area contributed by atoms with Gasteiger partial charge in [0.15, 0.2) is 0 Å². The molecule has 0 fully saturated rings. The lowest BCUT2D eigenvalue weighted by atomic mass is 9.88. The standard InChI is InChI=1S/C18H21N3O/c1-12-10-21(11-19-12)16-9-13-8-14(22-5)6-7-15(13)17(20-16)18(2,3)4/h6-11H,1-5H3. The van der Waals surface area contributed by atoms with Crippen LogP contribution in [0.25, 0.3) is 16.6 Å². The van der Waals surface area contributed by atoms with Crippen molar-refractivity contribution in [2.45, 2.75) is 33.1 Å². The second-order valence-corrected chi connectivity index (χ2v) is 6.59. The average Bonchev–Trinajstić information content (AvgIpc) is 2.91. The molecule has 2 heterocycles. The summed E-state index contributed by atoms with van der Waals surface area (Å²) in [6, 6.07) is 8.21. The van der Waals surface area contributed by atoms with E-state index < -0.39 is 0 Å². The van der Waals surface area contributed by atoms with Crippen LogP contribution in [0.3, 0.4) is 0 Å². The zero-order valence-corrected chi connectivity index (χ0v) is 13.7. The maximum absolute atomic E-state index is 5.36. The molecular formula is C18H21N3O. The van der Waals surface area contributed by atoms with Crippen molar-refractivity contribution in [1.82, 2.24) is 14.5 Å². The molecule has 4 heteroatoms. The fourth-order valence-electron chi connectivity index (χ4n) is 2.60. The third kappa shape index (κ3) is 2.56. The van der Waals surface area contributed by atoms with Crippen LogP contribution in [0.1, 0.15) is 32.2 Å². The van der Waals surface area contributed by atoms with Gasteiger partial charge < -0.3 is 4.74 Å². The van der Waals surface area contributed by atoms with Crippen molar-refractivity contribution in [3.63, 3.8) is 0 Å². The van der Waals surface area contributed by atoms with E-state index in [0.717, 1.165) is 33.7 Å². The van der Waals surface area contributed by atoms with Gasteiger partial charge in [-0.25, -0.2) is 9.97 Å². The van der Waals surface area contributed by atoms with Crippen LogP contribution < -0.4 is 4.74 Å². The second-order valence-electron chi connectivity index (χ2n) is 6.59.